The molecule has 0 radical (unpaired) electrons. The highest BCUT2D eigenvalue weighted by atomic mass is 19.3. The highest BCUT2D eigenvalue weighted by Gasteiger charge is 2.39. The predicted octanol–water partition coefficient (Wildman–Crippen LogP) is 1.78. The highest BCUT2D eigenvalue weighted by Crippen LogP contribution is 2.38. The van der Waals surface area contributed by atoms with Gasteiger partial charge in [0, 0.05) is 26.4 Å². The van der Waals surface area contributed by atoms with Gasteiger partial charge in [0.15, 0.2) is 0 Å². The van der Waals surface area contributed by atoms with Crippen LogP contribution in [0.2, 0.25) is 0 Å². The van der Waals surface area contributed by atoms with Gasteiger partial charge in [0.05, 0.1) is 5.41 Å². The number of nitrogens with one attached hydrogen (secondary N) is 2. The Kier molecular flexibility index (Phi) is 4.47. The summed E-state index contributed by atoms with van der Waals surface area (Å²) in [4.78, 5) is 11.5. The highest BCUT2D eigenvalue weighted by molar-refractivity contribution is 5.81. The molecular formula is C12H22F2N2O. The maximum Gasteiger partial charge on any atom is 0.248 e. The SMILES string of the molecule is CNC(=O)C(C)(C)CNCC1CCC(F)(F)C1. The second-order valence-electron chi connectivity index (χ2n) is 5.56. The van der Waals surface area contributed by atoms with E-state index in [4.69, 9.17) is 0 Å². The Morgan fingerprint density at radius 1 is 1.47 bits per heavy atom. The summed E-state index contributed by atoms with van der Waals surface area (Å²) < 4.78 is 25.9. The molecule has 1 rings (SSSR count). The van der Waals surface area contributed by atoms with Crippen LogP contribution in [0.1, 0.15) is 33.1 Å². The third-order valence-corrected chi connectivity index (χ3v) is 3.35. The number of carbonyl (C=O) groups is 1. The maximum absolute atomic E-state index is 12.9. The Hall–Kier alpha value is -0.710. The van der Waals surface area contributed by atoms with Gasteiger partial charge in [-0.3, -0.25) is 4.79 Å². The first-order chi connectivity index (χ1) is 7.77. The van der Waals surface area contributed by atoms with Crippen LogP contribution in [0.25, 0.3) is 0 Å². The lowest BCUT2D eigenvalue weighted by molar-refractivity contribution is -0.128. The molecule has 0 saturated heterocycles. The molecule has 0 bridgehead atoms. The van der Waals surface area contributed by atoms with E-state index in [1.54, 1.807) is 7.05 Å². The fourth-order valence-corrected chi connectivity index (χ4v) is 2.22. The summed E-state index contributed by atoms with van der Waals surface area (Å²) >= 11 is 0. The van der Waals surface area contributed by atoms with Crippen LogP contribution in [0.3, 0.4) is 0 Å². The van der Waals surface area contributed by atoms with Crippen molar-refractivity contribution >= 4 is 5.91 Å². The quantitative estimate of drug-likeness (QED) is 0.778. The smallest absolute Gasteiger partial charge is 0.248 e. The Morgan fingerprint density at radius 2 is 2.12 bits per heavy atom. The zero-order valence-electron chi connectivity index (χ0n) is 10.8. The molecule has 1 saturated carbocycles. The summed E-state index contributed by atoms with van der Waals surface area (Å²) in [7, 11) is 1.60. The molecule has 0 spiro atoms. The van der Waals surface area contributed by atoms with Crippen molar-refractivity contribution < 1.29 is 13.6 Å². The average Bonchev–Trinajstić information content (AvgIpc) is 2.56. The minimum atomic E-state index is -2.48. The van der Waals surface area contributed by atoms with E-state index in [2.05, 4.69) is 10.6 Å². The molecule has 1 aliphatic carbocycles. The van der Waals surface area contributed by atoms with Crippen LogP contribution in [-0.2, 0) is 4.79 Å². The number of rotatable bonds is 5. The van der Waals surface area contributed by atoms with Gasteiger partial charge < -0.3 is 10.6 Å². The number of alkyl halides is 2. The van der Waals surface area contributed by atoms with Gasteiger partial charge >= 0.3 is 0 Å². The number of amides is 1. The third-order valence-electron chi connectivity index (χ3n) is 3.35. The number of halogens is 2. The fraction of sp³-hybridized carbons (Fsp3) is 0.917. The Morgan fingerprint density at radius 3 is 2.59 bits per heavy atom. The van der Waals surface area contributed by atoms with Gasteiger partial charge in [0.25, 0.3) is 0 Å². The van der Waals surface area contributed by atoms with E-state index in [1.807, 2.05) is 13.8 Å². The summed E-state index contributed by atoms with van der Waals surface area (Å²) in [6.45, 7) is 4.74. The van der Waals surface area contributed by atoms with Gasteiger partial charge in [-0.1, -0.05) is 0 Å². The van der Waals surface area contributed by atoms with E-state index >= 15 is 0 Å². The van der Waals surface area contributed by atoms with Gasteiger partial charge in [-0.15, -0.1) is 0 Å². The monoisotopic (exact) mass is 248 g/mol. The molecule has 100 valence electrons. The molecular weight excluding hydrogens is 226 g/mol. The van der Waals surface area contributed by atoms with Crippen LogP contribution < -0.4 is 10.6 Å². The summed E-state index contributed by atoms with van der Waals surface area (Å²) in [5, 5.41) is 5.72. The zero-order chi connectivity index (χ0) is 13.1. The molecule has 1 atom stereocenters. The Bertz CT molecular complexity index is 280. The van der Waals surface area contributed by atoms with Gasteiger partial charge in [-0.2, -0.15) is 0 Å². The normalized spacial score (nSPS) is 23.7. The molecule has 17 heavy (non-hydrogen) atoms. The number of hydrogen-bond donors (Lipinski definition) is 2. The van der Waals surface area contributed by atoms with Crippen molar-refractivity contribution in [2.45, 2.75) is 39.0 Å². The summed E-state index contributed by atoms with van der Waals surface area (Å²) in [6, 6.07) is 0. The Balaban J connectivity index is 2.27. The summed E-state index contributed by atoms with van der Waals surface area (Å²) in [5.41, 5.74) is -0.504. The van der Waals surface area contributed by atoms with Gasteiger partial charge in [-0.25, -0.2) is 8.78 Å². The minimum absolute atomic E-state index is 0.00180. The van der Waals surface area contributed by atoms with Gasteiger partial charge in [-0.05, 0) is 32.7 Å². The summed E-state index contributed by atoms with van der Waals surface area (Å²) in [6.07, 6.45) is 0.541. The van der Waals surface area contributed by atoms with E-state index < -0.39 is 11.3 Å². The lowest BCUT2D eigenvalue weighted by Crippen LogP contribution is -2.43. The first-order valence-corrected chi connectivity index (χ1v) is 6.07. The first-order valence-electron chi connectivity index (χ1n) is 6.07. The van der Waals surface area contributed by atoms with Gasteiger partial charge in [0.2, 0.25) is 11.8 Å². The van der Waals surface area contributed by atoms with Crippen LogP contribution in [-0.4, -0.2) is 32.0 Å². The van der Waals surface area contributed by atoms with Crippen LogP contribution in [0.4, 0.5) is 8.78 Å². The second-order valence-corrected chi connectivity index (χ2v) is 5.56. The number of carbonyl (C=O) groups excluding carboxylic acids is 1. The molecule has 5 heteroatoms. The molecule has 0 aromatic rings. The fourth-order valence-electron chi connectivity index (χ4n) is 2.22. The molecule has 0 aromatic carbocycles. The van der Waals surface area contributed by atoms with Crippen molar-refractivity contribution in [2.24, 2.45) is 11.3 Å². The first kappa shape index (κ1) is 14.4. The predicted molar refractivity (Wildman–Crippen MR) is 63.0 cm³/mol. The van der Waals surface area contributed by atoms with E-state index in [0.717, 1.165) is 0 Å². The topological polar surface area (TPSA) is 41.1 Å². The number of hydrogen-bond acceptors (Lipinski definition) is 2. The van der Waals surface area contributed by atoms with E-state index in [1.165, 1.54) is 0 Å². The third kappa shape index (κ3) is 4.22. The van der Waals surface area contributed by atoms with Crippen LogP contribution in [0.5, 0.6) is 0 Å². The maximum atomic E-state index is 12.9. The average molecular weight is 248 g/mol. The molecule has 1 amide bonds. The van der Waals surface area contributed by atoms with E-state index in [-0.39, 0.29) is 24.7 Å². The molecule has 3 nitrogen and oxygen atoms in total. The second kappa shape index (κ2) is 5.29. The largest absolute Gasteiger partial charge is 0.359 e. The molecule has 1 unspecified atom stereocenters. The van der Waals surface area contributed by atoms with Crippen LogP contribution in [0.15, 0.2) is 0 Å². The molecule has 0 heterocycles. The molecule has 0 aromatic heterocycles. The van der Waals surface area contributed by atoms with Crippen molar-refractivity contribution in [1.29, 1.82) is 0 Å². The lowest BCUT2D eigenvalue weighted by atomic mass is 9.92. The Labute approximate surface area is 101 Å². The van der Waals surface area contributed by atoms with Crippen molar-refractivity contribution in [1.82, 2.24) is 10.6 Å². The molecule has 2 N–H and O–H groups in total. The van der Waals surface area contributed by atoms with Crippen LogP contribution in [0, 0.1) is 11.3 Å². The standard InChI is InChI=1S/C12H22F2N2O/c1-11(2,10(17)15-3)8-16-7-9-4-5-12(13,14)6-9/h9,16H,4-8H2,1-3H3,(H,15,17). The lowest BCUT2D eigenvalue weighted by Gasteiger charge is -2.24. The van der Waals surface area contributed by atoms with Crippen molar-refractivity contribution in [3.63, 3.8) is 0 Å². The van der Waals surface area contributed by atoms with Gasteiger partial charge in [0.1, 0.15) is 0 Å². The zero-order valence-corrected chi connectivity index (χ0v) is 10.8. The van der Waals surface area contributed by atoms with Crippen molar-refractivity contribution in [3.05, 3.63) is 0 Å². The summed E-state index contributed by atoms with van der Waals surface area (Å²) in [5.74, 6) is -2.49. The molecule has 1 fully saturated rings. The molecule has 1 aliphatic rings. The minimum Gasteiger partial charge on any atom is -0.359 e. The van der Waals surface area contributed by atoms with Crippen molar-refractivity contribution in [2.75, 3.05) is 20.1 Å². The van der Waals surface area contributed by atoms with Crippen LogP contribution >= 0.6 is 0 Å². The van der Waals surface area contributed by atoms with E-state index in [9.17, 15) is 13.6 Å². The van der Waals surface area contributed by atoms with Crippen molar-refractivity contribution in [3.8, 4) is 0 Å². The van der Waals surface area contributed by atoms with E-state index in [0.29, 0.717) is 19.5 Å². The molecule has 0 aliphatic heterocycles.